The first-order valence-corrected chi connectivity index (χ1v) is 12.5. The fourth-order valence-corrected chi connectivity index (χ4v) is 4.66. The summed E-state index contributed by atoms with van der Waals surface area (Å²) in [6, 6.07) is 13.5. The molecule has 1 aromatic carbocycles. The number of nitrogens with one attached hydrogen (secondary N) is 1. The van der Waals surface area contributed by atoms with E-state index in [9.17, 15) is 14.4 Å². The number of hydrogen-bond acceptors (Lipinski definition) is 6. The molecule has 2 saturated heterocycles. The second kappa shape index (κ2) is 12.0. The molecule has 1 aromatic heterocycles. The van der Waals surface area contributed by atoms with Crippen molar-refractivity contribution in [3.63, 3.8) is 0 Å². The Labute approximate surface area is 213 Å². The molecule has 3 amide bonds. The molecule has 0 spiro atoms. The summed E-state index contributed by atoms with van der Waals surface area (Å²) < 4.78 is 0. The number of aryl methyl sites for hydroxylation is 1. The lowest BCUT2D eigenvalue weighted by atomic mass is 9.87. The van der Waals surface area contributed by atoms with E-state index in [2.05, 4.69) is 22.1 Å². The van der Waals surface area contributed by atoms with Crippen LogP contribution in [0.1, 0.15) is 32.8 Å². The molecule has 0 saturated carbocycles. The largest absolute Gasteiger partial charge is 0.383 e. The summed E-state index contributed by atoms with van der Waals surface area (Å²) in [6.45, 7) is 11.6. The zero-order chi connectivity index (χ0) is 26.3. The molecule has 36 heavy (non-hydrogen) atoms. The Bertz CT molecular complexity index is 1040. The fraction of sp³-hybridized carbons (Fsp3) is 0.481. The van der Waals surface area contributed by atoms with Gasteiger partial charge in [-0.1, -0.05) is 43.3 Å². The average molecular weight is 495 g/mol. The van der Waals surface area contributed by atoms with Crippen molar-refractivity contribution in [1.29, 1.82) is 0 Å². The number of amides is 3. The van der Waals surface area contributed by atoms with Gasteiger partial charge in [-0.05, 0) is 51.9 Å². The number of nitrogens with zero attached hydrogens (tertiary/aromatic N) is 4. The van der Waals surface area contributed by atoms with E-state index < -0.39 is 11.8 Å². The Hall–Kier alpha value is -3.46. The highest BCUT2D eigenvalue weighted by molar-refractivity contribution is 6.39. The maximum atomic E-state index is 13.2. The van der Waals surface area contributed by atoms with Crippen LogP contribution < -0.4 is 11.1 Å². The maximum absolute atomic E-state index is 13.2. The van der Waals surface area contributed by atoms with Crippen LogP contribution in [-0.2, 0) is 14.4 Å². The predicted octanol–water partition coefficient (Wildman–Crippen LogP) is 2.39. The Morgan fingerprint density at radius 2 is 1.75 bits per heavy atom. The van der Waals surface area contributed by atoms with Crippen molar-refractivity contribution in [2.75, 3.05) is 50.3 Å². The first-order chi connectivity index (χ1) is 17.1. The number of likely N-dealkylation sites (tertiary alicyclic amines) is 1. The summed E-state index contributed by atoms with van der Waals surface area (Å²) in [5.41, 5.74) is 6.46. The number of hydrogen-bond donors (Lipinski definition) is 2. The van der Waals surface area contributed by atoms with Crippen LogP contribution in [0.25, 0.3) is 0 Å². The first kappa shape index (κ1) is 27.1. The SMILES string of the molecule is CCN1CCC(C)(C(=O)N2CCN(C(=O)C(=O)Nc3cnc(N)c(C)c3)CC2C)C1.c1ccccc1. The van der Waals surface area contributed by atoms with E-state index in [1.807, 2.05) is 55.1 Å². The lowest BCUT2D eigenvalue weighted by molar-refractivity contribution is -0.151. The van der Waals surface area contributed by atoms with Gasteiger partial charge < -0.3 is 25.8 Å². The zero-order valence-electron chi connectivity index (χ0n) is 21.7. The normalized spacial score (nSPS) is 21.9. The molecule has 3 N–H and O–H groups in total. The molecule has 2 aliphatic rings. The Kier molecular flexibility index (Phi) is 9.03. The Balaban J connectivity index is 0.000000526. The van der Waals surface area contributed by atoms with Gasteiger partial charge in [0, 0.05) is 32.2 Å². The van der Waals surface area contributed by atoms with Gasteiger partial charge in [0.05, 0.1) is 17.3 Å². The second-order valence-corrected chi connectivity index (χ2v) is 9.81. The van der Waals surface area contributed by atoms with Gasteiger partial charge in [0.25, 0.3) is 0 Å². The molecule has 9 nitrogen and oxygen atoms in total. The number of rotatable bonds is 3. The predicted molar refractivity (Wildman–Crippen MR) is 141 cm³/mol. The van der Waals surface area contributed by atoms with Crippen LogP contribution >= 0.6 is 0 Å². The number of nitrogen functional groups attached to an aromatic ring is 1. The van der Waals surface area contributed by atoms with Crippen LogP contribution in [0.15, 0.2) is 48.7 Å². The quantitative estimate of drug-likeness (QED) is 0.634. The van der Waals surface area contributed by atoms with E-state index in [-0.39, 0.29) is 17.4 Å². The van der Waals surface area contributed by atoms with Gasteiger partial charge in [0.1, 0.15) is 5.82 Å². The molecular formula is C27H38N6O3. The average Bonchev–Trinajstić information content (AvgIpc) is 3.29. The molecular weight excluding hydrogens is 456 g/mol. The van der Waals surface area contributed by atoms with E-state index in [0.29, 0.717) is 31.1 Å². The summed E-state index contributed by atoms with van der Waals surface area (Å²) in [5, 5.41) is 2.58. The standard InChI is InChI=1S/C21H32N6O3.C6H6/c1-5-25-7-6-21(4,13-25)20(30)27-9-8-26(12-15(27)3)19(29)18(28)24-16-10-14(2)17(22)23-11-16;1-2-4-6-5-3-1/h10-11,15H,5-9,12-13H2,1-4H3,(H2,22,23)(H,24,28);1-6H. The van der Waals surface area contributed by atoms with Gasteiger partial charge in [-0.2, -0.15) is 0 Å². The number of benzene rings is 1. The van der Waals surface area contributed by atoms with Crippen molar-refractivity contribution in [1.82, 2.24) is 19.7 Å². The number of anilines is 2. The molecule has 3 heterocycles. The molecule has 2 fully saturated rings. The highest BCUT2D eigenvalue weighted by atomic mass is 16.2. The Morgan fingerprint density at radius 1 is 1.11 bits per heavy atom. The second-order valence-electron chi connectivity index (χ2n) is 9.81. The topological polar surface area (TPSA) is 112 Å². The van der Waals surface area contributed by atoms with Crippen LogP contribution in [0.5, 0.6) is 0 Å². The third-order valence-electron chi connectivity index (χ3n) is 6.93. The van der Waals surface area contributed by atoms with E-state index in [4.69, 9.17) is 5.73 Å². The van der Waals surface area contributed by atoms with Gasteiger partial charge in [-0.3, -0.25) is 14.4 Å². The summed E-state index contributed by atoms with van der Waals surface area (Å²) in [5.74, 6) is -0.792. The van der Waals surface area contributed by atoms with E-state index >= 15 is 0 Å². The number of carbonyl (C=O) groups excluding carboxylic acids is 3. The lowest BCUT2D eigenvalue weighted by Crippen LogP contribution is -2.59. The molecule has 2 aliphatic heterocycles. The number of aromatic nitrogens is 1. The van der Waals surface area contributed by atoms with Crippen molar-refractivity contribution >= 4 is 29.2 Å². The number of piperazine rings is 1. The first-order valence-electron chi connectivity index (χ1n) is 12.5. The van der Waals surface area contributed by atoms with Gasteiger partial charge in [-0.15, -0.1) is 0 Å². The molecule has 194 valence electrons. The minimum atomic E-state index is -0.714. The summed E-state index contributed by atoms with van der Waals surface area (Å²) >= 11 is 0. The Morgan fingerprint density at radius 3 is 2.28 bits per heavy atom. The van der Waals surface area contributed by atoms with Crippen LogP contribution in [0.2, 0.25) is 0 Å². The van der Waals surface area contributed by atoms with Gasteiger partial charge >= 0.3 is 11.8 Å². The smallest absolute Gasteiger partial charge is 0.313 e. The molecule has 2 atom stereocenters. The van der Waals surface area contributed by atoms with Gasteiger partial charge in [0.15, 0.2) is 0 Å². The van der Waals surface area contributed by atoms with Gasteiger partial charge in [0.2, 0.25) is 5.91 Å². The zero-order valence-corrected chi connectivity index (χ0v) is 21.7. The third-order valence-corrected chi connectivity index (χ3v) is 6.93. The number of carbonyl (C=O) groups is 3. The van der Waals surface area contributed by atoms with Gasteiger partial charge in [-0.25, -0.2) is 4.98 Å². The van der Waals surface area contributed by atoms with E-state index in [1.165, 1.54) is 11.1 Å². The molecule has 0 aliphatic carbocycles. The highest BCUT2D eigenvalue weighted by Gasteiger charge is 2.44. The number of pyridine rings is 1. The summed E-state index contributed by atoms with van der Waals surface area (Å²) in [6.07, 6.45) is 2.28. The van der Waals surface area contributed by atoms with Crippen molar-refractivity contribution < 1.29 is 14.4 Å². The molecule has 9 heteroatoms. The molecule has 2 aromatic rings. The molecule has 0 bridgehead atoms. The third kappa shape index (κ3) is 6.60. The van der Waals surface area contributed by atoms with Crippen LogP contribution in [0, 0.1) is 12.3 Å². The summed E-state index contributed by atoms with van der Waals surface area (Å²) in [7, 11) is 0. The van der Waals surface area contributed by atoms with E-state index in [0.717, 1.165) is 31.6 Å². The fourth-order valence-electron chi connectivity index (χ4n) is 4.66. The molecule has 2 unspecified atom stereocenters. The maximum Gasteiger partial charge on any atom is 0.313 e. The van der Waals surface area contributed by atoms with Crippen molar-refractivity contribution in [2.24, 2.45) is 5.41 Å². The highest BCUT2D eigenvalue weighted by Crippen LogP contribution is 2.33. The number of nitrogens with two attached hydrogens (primary N) is 1. The van der Waals surface area contributed by atoms with Crippen LogP contribution in [0.3, 0.4) is 0 Å². The van der Waals surface area contributed by atoms with Crippen molar-refractivity contribution in [2.45, 2.75) is 40.2 Å². The van der Waals surface area contributed by atoms with E-state index in [1.54, 1.807) is 13.0 Å². The van der Waals surface area contributed by atoms with Crippen LogP contribution in [-0.4, -0.2) is 82.7 Å². The lowest BCUT2D eigenvalue weighted by Gasteiger charge is -2.42. The summed E-state index contributed by atoms with van der Waals surface area (Å²) in [4.78, 5) is 47.9. The van der Waals surface area contributed by atoms with Crippen molar-refractivity contribution in [3.8, 4) is 0 Å². The monoisotopic (exact) mass is 494 g/mol. The minimum absolute atomic E-state index is 0.143. The molecule has 4 rings (SSSR count). The minimum Gasteiger partial charge on any atom is -0.383 e. The van der Waals surface area contributed by atoms with Crippen LogP contribution in [0.4, 0.5) is 11.5 Å². The van der Waals surface area contributed by atoms with Crippen molar-refractivity contribution in [3.05, 3.63) is 54.2 Å². The molecule has 0 radical (unpaired) electrons.